The van der Waals surface area contributed by atoms with Crippen LogP contribution in [0.3, 0.4) is 0 Å². The van der Waals surface area contributed by atoms with Crippen molar-refractivity contribution in [1.29, 1.82) is 0 Å². The number of rotatable bonds is 11. The van der Waals surface area contributed by atoms with Crippen LogP contribution in [0, 0.1) is 5.92 Å². The third-order valence-electron chi connectivity index (χ3n) is 5.71. The largest absolute Gasteiger partial charge is 0.488 e. The van der Waals surface area contributed by atoms with Crippen LogP contribution in [-0.4, -0.2) is 29.5 Å². The van der Waals surface area contributed by atoms with Gasteiger partial charge in [0.15, 0.2) is 0 Å². The van der Waals surface area contributed by atoms with Gasteiger partial charge in [-0.2, -0.15) is 0 Å². The summed E-state index contributed by atoms with van der Waals surface area (Å²) in [7, 11) is 4.10. The van der Waals surface area contributed by atoms with E-state index in [0.29, 0.717) is 12.5 Å². The van der Waals surface area contributed by atoms with Crippen molar-refractivity contribution in [2.45, 2.75) is 33.4 Å². The SMILES string of the molecule is CC(C)Cn1cc(CCNSN(C)C)c2ccc(-c3ccccc3OCc3ccccc3)cc21. The Hall–Kier alpha value is -2.73. The molecule has 0 atom stereocenters. The van der Waals surface area contributed by atoms with E-state index in [-0.39, 0.29) is 0 Å². The molecule has 0 aliphatic rings. The van der Waals surface area contributed by atoms with Gasteiger partial charge in [-0.1, -0.05) is 74.5 Å². The molecule has 4 nitrogen and oxygen atoms in total. The second-order valence-corrected chi connectivity index (χ2v) is 10.5. The van der Waals surface area contributed by atoms with Crippen molar-refractivity contribution in [3.8, 4) is 16.9 Å². The second-order valence-electron chi connectivity index (χ2n) is 9.25. The predicted molar refractivity (Wildman–Crippen MR) is 146 cm³/mol. The van der Waals surface area contributed by atoms with Gasteiger partial charge < -0.3 is 9.30 Å². The maximum absolute atomic E-state index is 6.25. The Bertz CT molecular complexity index is 1200. The van der Waals surface area contributed by atoms with Crippen LogP contribution in [0.1, 0.15) is 25.0 Å². The maximum Gasteiger partial charge on any atom is 0.127 e. The van der Waals surface area contributed by atoms with Crippen molar-refractivity contribution in [2.24, 2.45) is 5.92 Å². The van der Waals surface area contributed by atoms with Gasteiger partial charge >= 0.3 is 0 Å². The highest BCUT2D eigenvalue weighted by Gasteiger charge is 2.13. The van der Waals surface area contributed by atoms with Crippen molar-refractivity contribution >= 4 is 23.0 Å². The molecular formula is C29H35N3OS. The highest BCUT2D eigenvalue weighted by atomic mass is 32.2. The predicted octanol–water partition coefficient (Wildman–Crippen LogP) is 6.80. The lowest BCUT2D eigenvalue weighted by atomic mass is 10.0. The smallest absolute Gasteiger partial charge is 0.127 e. The van der Waals surface area contributed by atoms with Crippen molar-refractivity contribution in [3.05, 3.63) is 90.1 Å². The molecule has 1 aromatic heterocycles. The lowest BCUT2D eigenvalue weighted by molar-refractivity contribution is 0.307. The van der Waals surface area contributed by atoms with E-state index in [4.69, 9.17) is 4.74 Å². The minimum Gasteiger partial charge on any atom is -0.488 e. The number of hydrogen-bond donors (Lipinski definition) is 1. The fourth-order valence-electron chi connectivity index (χ4n) is 4.21. The molecular weight excluding hydrogens is 438 g/mol. The topological polar surface area (TPSA) is 29.4 Å². The lowest BCUT2D eigenvalue weighted by Crippen LogP contribution is -2.15. The molecule has 0 saturated heterocycles. The zero-order valence-electron chi connectivity index (χ0n) is 20.6. The van der Waals surface area contributed by atoms with Crippen molar-refractivity contribution in [2.75, 3.05) is 20.6 Å². The summed E-state index contributed by atoms with van der Waals surface area (Å²) in [4.78, 5) is 0. The van der Waals surface area contributed by atoms with E-state index < -0.39 is 0 Å². The summed E-state index contributed by atoms with van der Waals surface area (Å²) < 4.78 is 14.2. The molecule has 3 aromatic carbocycles. The first kappa shape index (κ1) is 24.4. The fourth-order valence-corrected chi connectivity index (χ4v) is 4.66. The molecule has 0 unspecified atom stereocenters. The van der Waals surface area contributed by atoms with Crippen LogP contribution in [0.15, 0.2) is 79.0 Å². The Morgan fingerprint density at radius 3 is 2.50 bits per heavy atom. The van der Waals surface area contributed by atoms with Crippen molar-refractivity contribution in [1.82, 2.24) is 13.6 Å². The molecule has 1 heterocycles. The van der Waals surface area contributed by atoms with Crippen LogP contribution in [0.4, 0.5) is 0 Å². The third-order valence-corrected chi connectivity index (χ3v) is 6.40. The first-order chi connectivity index (χ1) is 16.5. The zero-order chi connectivity index (χ0) is 23.9. The van der Waals surface area contributed by atoms with E-state index in [1.165, 1.54) is 27.6 Å². The molecule has 0 radical (unpaired) electrons. The molecule has 0 spiro atoms. The van der Waals surface area contributed by atoms with Gasteiger partial charge in [0.05, 0.1) is 0 Å². The summed E-state index contributed by atoms with van der Waals surface area (Å²) in [5, 5.41) is 1.34. The highest BCUT2D eigenvalue weighted by molar-refractivity contribution is 7.95. The number of ether oxygens (including phenoxy) is 1. The minimum absolute atomic E-state index is 0.561. The monoisotopic (exact) mass is 473 g/mol. The van der Waals surface area contributed by atoms with E-state index in [1.807, 2.05) is 24.3 Å². The molecule has 178 valence electrons. The summed E-state index contributed by atoms with van der Waals surface area (Å²) in [6.07, 6.45) is 3.34. The normalized spacial score (nSPS) is 11.6. The zero-order valence-corrected chi connectivity index (χ0v) is 21.4. The minimum atomic E-state index is 0.561. The molecule has 5 heteroatoms. The van der Waals surface area contributed by atoms with Gasteiger partial charge in [0.25, 0.3) is 0 Å². The molecule has 0 aliphatic carbocycles. The van der Waals surface area contributed by atoms with Crippen LogP contribution in [0.5, 0.6) is 5.75 Å². The molecule has 4 aromatic rings. The van der Waals surface area contributed by atoms with Gasteiger partial charge in [0, 0.05) is 47.9 Å². The van der Waals surface area contributed by atoms with E-state index in [1.54, 1.807) is 12.1 Å². The Morgan fingerprint density at radius 2 is 1.74 bits per heavy atom. The van der Waals surface area contributed by atoms with Gasteiger partial charge in [-0.25, -0.2) is 4.31 Å². The average molecular weight is 474 g/mol. The van der Waals surface area contributed by atoms with Crippen molar-refractivity contribution in [3.63, 3.8) is 0 Å². The molecule has 4 rings (SSSR count). The lowest BCUT2D eigenvalue weighted by Gasteiger charge is -2.13. The fraction of sp³-hybridized carbons (Fsp3) is 0.310. The van der Waals surface area contributed by atoms with E-state index in [9.17, 15) is 0 Å². The van der Waals surface area contributed by atoms with Crippen LogP contribution < -0.4 is 9.46 Å². The number of nitrogens with zero attached hydrogens (tertiary/aromatic N) is 2. The van der Waals surface area contributed by atoms with Gasteiger partial charge in [0.2, 0.25) is 0 Å². The van der Waals surface area contributed by atoms with Crippen LogP contribution in [-0.2, 0) is 19.6 Å². The second kappa shape index (κ2) is 11.6. The summed E-state index contributed by atoms with van der Waals surface area (Å²) in [6, 6.07) is 25.5. The van der Waals surface area contributed by atoms with Gasteiger partial charge in [-0.3, -0.25) is 4.72 Å². The number of aromatic nitrogens is 1. The first-order valence-electron chi connectivity index (χ1n) is 12.0. The van der Waals surface area contributed by atoms with Gasteiger partial charge in [-0.05, 0) is 55.3 Å². The van der Waals surface area contributed by atoms with Gasteiger partial charge in [-0.15, -0.1) is 0 Å². The maximum atomic E-state index is 6.25. The number of benzene rings is 3. The molecule has 0 fully saturated rings. The molecule has 0 aliphatic heterocycles. The third kappa shape index (κ3) is 6.23. The quantitative estimate of drug-likeness (QED) is 0.192. The number of nitrogens with one attached hydrogen (secondary N) is 1. The number of hydrogen-bond acceptors (Lipinski definition) is 4. The number of fused-ring (bicyclic) bond motifs is 1. The summed E-state index contributed by atoms with van der Waals surface area (Å²) in [6.45, 7) is 7.05. The average Bonchev–Trinajstić information content (AvgIpc) is 3.17. The Balaban J connectivity index is 1.62. The standard InChI is InChI=1S/C29H35N3OS/c1-22(2)19-32-20-25(16-17-30-34-31(3)4)26-15-14-24(18-28(26)32)27-12-8-9-13-29(27)33-21-23-10-6-5-7-11-23/h5-15,18,20,22,30H,16-17,19,21H2,1-4H3. The highest BCUT2D eigenvalue weighted by Crippen LogP contribution is 2.34. The molecule has 0 bridgehead atoms. The molecule has 34 heavy (non-hydrogen) atoms. The van der Waals surface area contributed by atoms with Crippen LogP contribution in [0.2, 0.25) is 0 Å². The first-order valence-corrected chi connectivity index (χ1v) is 12.7. The van der Waals surface area contributed by atoms with Crippen LogP contribution >= 0.6 is 12.1 Å². The Labute approximate surface area is 208 Å². The van der Waals surface area contributed by atoms with Crippen LogP contribution in [0.25, 0.3) is 22.0 Å². The van der Waals surface area contributed by atoms with Crippen molar-refractivity contribution < 1.29 is 4.74 Å². The van der Waals surface area contributed by atoms with Gasteiger partial charge in [0.1, 0.15) is 12.4 Å². The van der Waals surface area contributed by atoms with E-state index in [0.717, 1.165) is 30.8 Å². The van der Waals surface area contributed by atoms with E-state index in [2.05, 4.69) is 96.3 Å². The number of para-hydroxylation sites is 1. The molecule has 0 amide bonds. The Kier molecular flexibility index (Phi) is 8.33. The summed E-state index contributed by atoms with van der Waals surface area (Å²) in [5.74, 6) is 1.49. The summed E-state index contributed by atoms with van der Waals surface area (Å²) in [5.41, 5.74) is 6.17. The Morgan fingerprint density at radius 1 is 0.971 bits per heavy atom. The van der Waals surface area contributed by atoms with E-state index >= 15 is 0 Å². The molecule has 0 saturated carbocycles. The molecule has 1 N–H and O–H groups in total. The summed E-state index contributed by atoms with van der Waals surface area (Å²) >= 11 is 1.64.